The molecule has 8 heteroatoms. The van der Waals surface area contributed by atoms with Crippen LogP contribution >= 0.6 is 0 Å². The Balaban J connectivity index is 1.68. The Kier molecular flexibility index (Phi) is 4.63. The van der Waals surface area contributed by atoms with E-state index in [1.807, 2.05) is 0 Å². The van der Waals surface area contributed by atoms with E-state index in [1.165, 1.54) is 19.1 Å². The summed E-state index contributed by atoms with van der Waals surface area (Å²) in [4.78, 5) is 11.7. The second-order valence-corrected chi connectivity index (χ2v) is 7.62. The van der Waals surface area contributed by atoms with Crippen molar-refractivity contribution in [2.75, 3.05) is 10.0 Å². The molecule has 25 heavy (non-hydrogen) atoms. The van der Waals surface area contributed by atoms with Crippen molar-refractivity contribution >= 4 is 27.4 Å². The number of amides is 2. The number of nitrogens with one attached hydrogen (secondary N) is 3. The highest BCUT2D eigenvalue weighted by atomic mass is 32.2. The normalized spacial score (nSPS) is 14.0. The van der Waals surface area contributed by atoms with Crippen molar-refractivity contribution in [1.82, 2.24) is 5.32 Å². The van der Waals surface area contributed by atoms with Crippen LogP contribution in [0.1, 0.15) is 18.4 Å². The molecule has 0 saturated heterocycles. The lowest BCUT2D eigenvalue weighted by molar-refractivity contribution is 0.251. The Labute approximate surface area is 145 Å². The van der Waals surface area contributed by atoms with E-state index in [-0.39, 0.29) is 17.0 Å². The van der Waals surface area contributed by atoms with Gasteiger partial charge in [0.25, 0.3) is 10.0 Å². The van der Waals surface area contributed by atoms with Gasteiger partial charge in [0.2, 0.25) is 0 Å². The smallest absolute Gasteiger partial charge is 0.319 e. The first-order valence-electron chi connectivity index (χ1n) is 7.80. The molecule has 1 aliphatic carbocycles. The number of hydrogen-bond acceptors (Lipinski definition) is 3. The maximum Gasteiger partial charge on any atom is 0.319 e. The van der Waals surface area contributed by atoms with Gasteiger partial charge in [0.05, 0.1) is 4.90 Å². The average molecular weight is 363 g/mol. The monoisotopic (exact) mass is 363 g/mol. The second kappa shape index (κ2) is 6.72. The molecule has 2 aromatic rings. The van der Waals surface area contributed by atoms with Crippen LogP contribution in [0.15, 0.2) is 47.4 Å². The summed E-state index contributed by atoms with van der Waals surface area (Å²) in [7, 11) is -3.82. The summed E-state index contributed by atoms with van der Waals surface area (Å²) in [5.41, 5.74) is 1.22. The van der Waals surface area contributed by atoms with Crippen LogP contribution in [0.3, 0.4) is 0 Å². The first-order chi connectivity index (χ1) is 11.8. The predicted molar refractivity (Wildman–Crippen MR) is 93.6 cm³/mol. The van der Waals surface area contributed by atoms with Crippen LogP contribution in [0.25, 0.3) is 0 Å². The van der Waals surface area contributed by atoms with E-state index in [1.54, 1.807) is 24.3 Å². The van der Waals surface area contributed by atoms with Crippen molar-refractivity contribution in [3.63, 3.8) is 0 Å². The zero-order valence-electron chi connectivity index (χ0n) is 13.5. The summed E-state index contributed by atoms with van der Waals surface area (Å²) in [5.74, 6) is -0.489. The third-order valence-corrected chi connectivity index (χ3v) is 5.28. The van der Waals surface area contributed by atoms with Crippen molar-refractivity contribution in [1.29, 1.82) is 0 Å². The lowest BCUT2D eigenvalue weighted by Gasteiger charge is -2.11. The maximum atomic E-state index is 13.1. The van der Waals surface area contributed by atoms with Crippen LogP contribution in [-0.4, -0.2) is 20.5 Å². The van der Waals surface area contributed by atoms with Gasteiger partial charge >= 0.3 is 6.03 Å². The minimum atomic E-state index is -3.82. The number of benzene rings is 2. The van der Waals surface area contributed by atoms with Crippen LogP contribution in [-0.2, 0) is 10.0 Å². The molecule has 3 rings (SSSR count). The molecule has 1 saturated carbocycles. The average Bonchev–Trinajstić information content (AvgIpc) is 3.32. The molecule has 132 valence electrons. The van der Waals surface area contributed by atoms with Crippen molar-refractivity contribution in [2.45, 2.75) is 30.7 Å². The SMILES string of the molecule is Cc1cc(F)ccc1S(=O)(=O)Nc1ccc(NC(=O)NC2CC2)cc1. The summed E-state index contributed by atoms with van der Waals surface area (Å²) in [6.07, 6.45) is 1.99. The zero-order chi connectivity index (χ0) is 18.0. The summed E-state index contributed by atoms with van der Waals surface area (Å²) in [5, 5.41) is 5.48. The highest BCUT2D eigenvalue weighted by Crippen LogP contribution is 2.22. The molecule has 1 fully saturated rings. The number of halogens is 1. The van der Waals surface area contributed by atoms with Crippen LogP contribution in [0.2, 0.25) is 0 Å². The molecule has 0 spiro atoms. The van der Waals surface area contributed by atoms with Gasteiger partial charge in [-0.25, -0.2) is 17.6 Å². The lowest BCUT2D eigenvalue weighted by Crippen LogP contribution is -2.30. The van der Waals surface area contributed by atoms with E-state index in [2.05, 4.69) is 15.4 Å². The van der Waals surface area contributed by atoms with Gasteiger partial charge in [-0.15, -0.1) is 0 Å². The predicted octanol–water partition coefficient (Wildman–Crippen LogP) is 3.22. The van der Waals surface area contributed by atoms with Crippen molar-refractivity contribution in [3.8, 4) is 0 Å². The summed E-state index contributed by atoms with van der Waals surface area (Å²) in [6.45, 7) is 1.53. The molecule has 2 aromatic carbocycles. The van der Waals surface area contributed by atoms with Gasteiger partial charge in [0, 0.05) is 17.4 Å². The Morgan fingerprint density at radius 2 is 1.72 bits per heavy atom. The number of rotatable bonds is 5. The van der Waals surface area contributed by atoms with Gasteiger partial charge in [0.15, 0.2) is 0 Å². The number of urea groups is 1. The van der Waals surface area contributed by atoms with Crippen LogP contribution < -0.4 is 15.4 Å². The van der Waals surface area contributed by atoms with Crippen LogP contribution in [0, 0.1) is 12.7 Å². The second-order valence-electron chi connectivity index (χ2n) is 5.97. The molecule has 6 nitrogen and oxygen atoms in total. The summed E-state index contributed by atoms with van der Waals surface area (Å²) in [6, 6.07) is 9.76. The van der Waals surface area contributed by atoms with E-state index >= 15 is 0 Å². The molecular weight excluding hydrogens is 345 g/mol. The Bertz CT molecular complexity index is 894. The molecule has 0 radical (unpaired) electrons. The summed E-state index contributed by atoms with van der Waals surface area (Å²) >= 11 is 0. The third-order valence-electron chi connectivity index (χ3n) is 3.73. The highest BCUT2D eigenvalue weighted by molar-refractivity contribution is 7.92. The molecular formula is C17H18FN3O3S. The Morgan fingerprint density at radius 3 is 2.32 bits per heavy atom. The van der Waals surface area contributed by atoms with Gasteiger partial charge in [-0.2, -0.15) is 0 Å². The van der Waals surface area contributed by atoms with Crippen molar-refractivity contribution in [2.24, 2.45) is 0 Å². The maximum absolute atomic E-state index is 13.1. The van der Waals surface area contributed by atoms with Gasteiger partial charge in [0.1, 0.15) is 5.82 Å². The number of hydrogen-bond donors (Lipinski definition) is 3. The third kappa shape index (κ3) is 4.48. The molecule has 0 aromatic heterocycles. The number of carbonyl (C=O) groups is 1. The zero-order valence-corrected chi connectivity index (χ0v) is 14.4. The molecule has 2 amide bonds. The first-order valence-corrected chi connectivity index (χ1v) is 9.28. The fourth-order valence-corrected chi connectivity index (χ4v) is 3.61. The van der Waals surface area contributed by atoms with E-state index in [4.69, 9.17) is 0 Å². The van der Waals surface area contributed by atoms with E-state index in [9.17, 15) is 17.6 Å². The van der Waals surface area contributed by atoms with E-state index in [0.717, 1.165) is 18.9 Å². The number of anilines is 2. The fourth-order valence-electron chi connectivity index (χ4n) is 2.33. The quantitative estimate of drug-likeness (QED) is 0.762. The van der Waals surface area contributed by atoms with Gasteiger partial charge < -0.3 is 10.6 Å². The summed E-state index contributed by atoms with van der Waals surface area (Å²) < 4.78 is 40.4. The minimum Gasteiger partial charge on any atom is -0.335 e. The number of sulfonamides is 1. The molecule has 0 heterocycles. The Morgan fingerprint density at radius 1 is 1.08 bits per heavy atom. The number of aryl methyl sites for hydroxylation is 1. The molecule has 1 aliphatic rings. The van der Waals surface area contributed by atoms with Crippen molar-refractivity contribution in [3.05, 3.63) is 53.8 Å². The topological polar surface area (TPSA) is 87.3 Å². The minimum absolute atomic E-state index is 0.0138. The molecule has 0 atom stereocenters. The lowest BCUT2D eigenvalue weighted by atomic mass is 10.2. The number of carbonyl (C=O) groups excluding carboxylic acids is 1. The molecule has 0 unspecified atom stereocenters. The van der Waals surface area contributed by atoms with Crippen LogP contribution in [0.5, 0.6) is 0 Å². The van der Waals surface area contributed by atoms with Gasteiger partial charge in [-0.1, -0.05) is 0 Å². The van der Waals surface area contributed by atoms with Crippen molar-refractivity contribution < 1.29 is 17.6 Å². The standard InChI is InChI=1S/C17H18FN3O3S/c1-11-10-12(18)2-9-16(11)25(23,24)21-15-7-5-14(6-8-15)20-17(22)19-13-3-4-13/h2,5-10,13,21H,3-4H2,1H3,(H2,19,20,22). The first kappa shape index (κ1) is 17.2. The molecule has 3 N–H and O–H groups in total. The molecule has 0 aliphatic heterocycles. The van der Waals surface area contributed by atoms with E-state index < -0.39 is 15.8 Å². The Hall–Kier alpha value is -2.61. The van der Waals surface area contributed by atoms with Crippen LogP contribution in [0.4, 0.5) is 20.6 Å². The highest BCUT2D eigenvalue weighted by Gasteiger charge is 2.23. The van der Waals surface area contributed by atoms with E-state index in [0.29, 0.717) is 16.9 Å². The fraction of sp³-hybridized carbons (Fsp3) is 0.235. The van der Waals surface area contributed by atoms with Gasteiger partial charge in [-0.05, 0) is 67.8 Å². The largest absolute Gasteiger partial charge is 0.335 e. The van der Waals surface area contributed by atoms with Gasteiger partial charge in [-0.3, -0.25) is 4.72 Å². The molecule has 0 bridgehead atoms.